The molecule has 3 aromatic rings. The first kappa shape index (κ1) is 22.0. The van der Waals surface area contributed by atoms with Gasteiger partial charge in [-0.05, 0) is 42.0 Å². The Kier molecular flexibility index (Phi) is 6.04. The van der Waals surface area contributed by atoms with Gasteiger partial charge in [-0.25, -0.2) is 0 Å². The minimum absolute atomic E-state index is 0.0695. The van der Waals surface area contributed by atoms with E-state index in [9.17, 15) is 14.7 Å². The van der Waals surface area contributed by atoms with Crippen LogP contribution in [0.3, 0.4) is 0 Å². The van der Waals surface area contributed by atoms with Gasteiger partial charge >= 0.3 is 0 Å². The molecule has 1 aliphatic heterocycles. The number of amides is 1. The third-order valence-corrected chi connectivity index (χ3v) is 5.55. The molecule has 0 radical (unpaired) electrons. The number of benzene rings is 3. The molecule has 1 N–H and O–H groups in total. The Labute approximate surface area is 191 Å². The summed E-state index contributed by atoms with van der Waals surface area (Å²) < 4.78 is 16.2. The molecule has 0 spiro atoms. The largest absolute Gasteiger partial charge is 0.506 e. The van der Waals surface area contributed by atoms with Gasteiger partial charge in [-0.3, -0.25) is 14.5 Å². The van der Waals surface area contributed by atoms with E-state index in [1.54, 1.807) is 66.7 Å². The van der Waals surface area contributed by atoms with Crippen molar-refractivity contribution >= 4 is 23.1 Å². The van der Waals surface area contributed by atoms with E-state index in [1.807, 2.05) is 6.07 Å². The average Bonchev–Trinajstić information content (AvgIpc) is 3.13. The number of hydrogen-bond acceptors (Lipinski definition) is 6. The lowest BCUT2D eigenvalue weighted by molar-refractivity contribution is -0.132. The van der Waals surface area contributed by atoms with Crippen molar-refractivity contribution < 1.29 is 28.9 Å². The van der Waals surface area contributed by atoms with E-state index in [4.69, 9.17) is 14.2 Å². The smallest absolute Gasteiger partial charge is 0.300 e. The molecule has 3 aromatic carbocycles. The number of carbonyl (C=O) groups excluding carboxylic acids is 2. The molecule has 0 aliphatic carbocycles. The summed E-state index contributed by atoms with van der Waals surface area (Å²) >= 11 is 0. The van der Waals surface area contributed by atoms with Gasteiger partial charge in [-0.1, -0.05) is 36.4 Å². The summed E-state index contributed by atoms with van der Waals surface area (Å²) in [6, 6.07) is 20.0. The molecule has 1 aliphatic rings. The van der Waals surface area contributed by atoms with Gasteiger partial charge < -0.3 is 19.3 Å². The summed E-state index contributed by atoms with van der Waals surface area (Å²) in [6.07, 6.45) is 0. The first-order valence-corrected chi connectivity index (χ1v) is 10.2. The lowest BCUT2D eigenvalue weighted by atomic mass is 9.94. The van der Waals surface area contributed by atoms with Crippen molar-refractivity contribution in [2.24, 2.45) is 0 Å². The zero-order valence-corrected chi connectivity index (χ0v) is 18.4. The number of nitrogens with zero attached hydrogens (tertiary/aromatic N) is 1. The molecular formula is C26H23NO6. The molecule has 33 heavy (non-hydrogen) atoms. The Bertz CT molecular complexity index is 1210. The van der Waals surface area contributed by atoms with Crippen LogP contribution in [0.5, 0.6) is 17.2 Å². The van der Waals surface area contributed by atoms with Crippen LogP contribution < -0.4 is 19.1 Å². The number of methoxy groups -OCH3 is 3. The molecule has 1 heterocycles. The van der Waals surface area contributed by atoms with Crippen LogP contribution in [0.1, 0.15) is 17.2 Å². The van der Waals surface area contributed by atoms with Crippen LogP contribution in [0.2, 0.25) is 0 Å². The van der Waals surface area contributed by atoms with Crippen molar-refractivity contribution in [1.82, 2.24) is 0 Å². The third-order valence-electron chi connectivity index (χ3n) is 5.55. The highest BCUT2D eigenvalue weighted by molar-refractivity contribution is 6.51. The van der Waals surface area contributed by atoms with Crippen LogP contribution in [-0.4, -0.2) is 38.1 Å². The molecule has 1 unspecified atom stereocenters. The number of carbonyl (C=O) groups is 2. The van der Waals surface area contributed by atoms with Gasteiger partial charge in [0.25, 0.3) is 11.7 Å². The zero-order chi connectivity index (χ0) is 23.5. The highest BCUT2D eigenvalue weighted by Crippen LogP contribution is 2.45. The maximum absolute atomic E-state index is 13.3. The second-order valence-electron chi connectivity index (χ2n) is 7.32. The van der Waals surface area contributed by atoms with Crippen LogP contribution >= 0.6 is 0 Å². The van der Waals surface area contributed by atoms with E-state index >= 15 is 0 Å². The lowest BCUT2D eigenvalue weighted by Crippen LogP contribution is -2.29. The van der Waals surface area contributed by atoms with E-state index < -0.39 is 17.7 Å². The fraction of sp³-hybridized carbons (Fsp3) is 0.154. The predicted octanol–water partition coefficient (Wildman–Crippen LogP) is 4.34. The third kappa shape index (κ3) is 3.78. The molecule has 1 amide bonds. The summed E-state index contributed by atoms with van der Waals surface area (Å²) in [6.45, 7) is 0. The lowest BCUT2D eigenvalue weighted by Gasteiger charge is -2.26. The molecule has 7 nitrogen and oxygen atoms in total. The second-order valence-corrected chi connectivity index (χ2v) is 7.32. The van der Waals surface area contributed by atoms with Crippen LogP contribution in [0.4, 0.5) is 5.69 Å². The minimum Gasteiger partial charge on any atom is -0.506 e. The highest BCUT2D eigenvalue weighted by atomic mass is 16.5. The van der Waals surface area contributed by atoms with E-state index in [2.05, 4.69) is 0 Å². The van der Waals surface area contributed by atoms with E-state index in [0.29, 0.717) is 28.5 Å². The van der Waals surface area contributed by atoms with Crippen molar-refractivity contribution in [3.8, 4) is 17.2 Å². The Balaban J connectivity index is 2.02. The minimum atomic E-state index is -0.892. The molecule has 0 bridgehead atoms. The molecule has 168 valence electrons. The molecule has 1 fully saturated rings. The van der Waals surface area contributed by atoms with Gasteiger partial charge in [-0.2, -0.15) is 0 Å². The first-order chi connectivity index (χ1) is 16.0. The topological polar surface area (TPSA) is 85.3 Å². The number of ether oxygens (including phenoxy) is 3. The summed E-state index contributed by atoms with van der Waals surface area (Å²) in [4.78, 5) is 27.9. The first-order valence-electron chi connectivity index (χ1n) is 10.2. The standard InChI is InChI=1S/C26H23NO6/c1-31-18-12-7-9-16(15-18)23-22(24(28)21-19(32-2)13-8-14-20(21)33-3)25(29)26(30)27(23)17-10-5-4-6-11-17/h4-15,23,28H,1-3H3/b24-22+. The van der Waals surface area contributed by atoms with Crippen LogP contribution in [-0.2, 0) is 9.59 Å². The Morgan fingerprint density at radius 3 is 2.06 bits per heavy atom. The number of Topliss-reactive ketones (excluding diaryl/α,β-unsaturated/α-hetero) is 1. The van der Waals surface area contributed by atoms with Crippen molar-refractivity contribution in [2.45, 2.75) is 6.04 Å². The predicted molar refractivity (Wildman–Crippen MR) is 124 cm³/mol. The number of aliphatic hydroxyl groups is 1. The molecule has 1 saturated heterocycles. The van der Waals surface area contributed by atoms with E-state index in [0.717, 1.165) is 0 Å². The molecule has 4 rings (SSSR count). The fourth-order valence-electron chi connectivity index (χ4n) is 4.03. The van der Waals surface area contributed by atoms with Crippen molar-refractivity contribution in [3.63, 3.8) is 0 Å². The maximum Gasteiger partial charge on any atom is 0.300 e. The number of rotatable bonds is 6. The molecule has 7 heteroatoms. The van der Waals surface area contributed by atoms with Gasteiger partial charge in [0.1, 0.15) is 28.6 Å². The molecule has 0 saturated carbocycles. The van der Waals surface area contributed by atoms with Crippen molar-refractivity contribution in [1.29, 1.82) is 0 Å². The van der Waals surface area contributed by atoms with Crippen LogP contribution in [0.15, 0.2) is 78.4 Å². The van der Waals surface area contributed by atoms with Gasteiger partial charge in [0, 0.05) is 5.69 Å². The van der Waals surface area contributed by atoms with Crippen LogP contribution in [0.25, 0.3) is 5.76 Å². The SMILES string of the molecule is COc1cccc(C2/C(=C(\O)c3c(OC)cccc3OC)C(=O)C(=O)N2c2ccccc2)c1. The average molecular weight is 445 g/mol. The number of aliphatic hydroxyl groups excluding tert-OH is 1. The summed E-state index contributed by atoms with van der Waals surface area (Å²) in [5.41, 5.74) is 1.26. The Morgan fingerprint density at radius 2 is 1.45 bits per heavy atom. The van der Waals surface area contributed by atoms with E-state index in [1.165, 1.54) is 26.2 Å². The van der Waals surface area contributed by atoms with Gasteiger partial charge in [0.05, 0.1) is 32.9 Å². The maximum atomic E-state index is 13.3. The Hall–Kier alpha value is -4.26. The number of anilines is 1. The normalized spacial score (nSPS) is 17.2. The highest BCUT2D eigenvalue weighted by Gasteiger charge is 2.47. The molecule has 0 aromatic heterocycles. The fourth-order valence-corrected chi connectivity index (χ4v) is 4.03. The molecule has 1 atom stereocenters. The second kappa shape index (κ2) is 9.08. The van der Waals surface area contributed by atoms with Gasteiger partial charge in [0.2, 0.25) is 0 Å². The summed E-state index contributed by atoms with van der Waals surface area (Å²) in [5.74, 6) is -0.763. The number of para-hydroxylation sites is 1. The Morgan fingerprint density at radius 1 is 0.818 bits per heavy atom. The zero-order valence-electron chi connectivity index (χ0n) is 18.4. The van der Waals surface area contributed by atoms with Gasteiger partial charge in [0.15, 0.2) is 0 Å². The van der Waals surface area contributed by atoms with Crippen molar-refractivity contribution in [3.05, 3.63) is 89.5 Å². The van der Waals surface area contributed by atoms with Crippen LogP contribution in [0, 0.1) is 0 Å². The number of hydrogen-bond donors (Lipinski definition) is 1. The molecular weight excluding hydrogens is 422 g/mol. The van der Waals surface area contributed by atoms with Gasteiger partial charge in [-0.15, -0.1) is 0 Å². The summed E-state index contributed by atoms with van der Waals surface area (Å²) in [7, 11) is 4.44. The van der Waals surface area contributed by atoms with Crippen molar-refractivity contribution in [2.75, 3.05) is 26.2 Å². The summed E-state index contributed by atoms with van der Waals surface area (Å²) in [5, 5.41) is 11.4. The van der Waals surface area contributed by atoms with E-state index in [-0.39, 0.29) is 16.9 Å². The quantitative estimate of drug-likeness (QED) is 0.345. The monoisotopic (exact) mass is 445 g/mol. The number of ketones is 1.